The van der Waals surface area contributed by atoms with E-state index in [1.165, 1.54) is 18.9 Å². The van der Waals surface area contributed by atoms with E-state index in [9.17, 15) is 9.59 Å². The SMILES string of the molecule is COC(=O)C[C@@H]1CSC(N=C(N)N)=NC1=O. The van der Waals surface area contributed by atoms with Crippen LogP contribution < -0.4 is 11.5 Å². The Balaban J connectivity index is 2.65. The molecule has 0 aromatic heterocycles. The fraction of sp³-hybridized carbons (Fsp3) is 0.500. The molecule has 0 unspecified atom stereocenters. The molecule has 0 spiro atoms. The fourth-order valence-electron chi connectivity index (χ4n) is 1.06. The van der Waals surface area contributed by atoms with Crippen LogP contribution in [0, 0.1) is 5.92 Å². The van der Waals surface area contributed by atoms with Gasteiger partial charge in [-0.1, -0.05) is 11.8 Å². The second-order valence-electron chi connectivity index (χ2n) is 3.06. The molecule has 1 rings (SSSR count). The van der Waals surface area contributed by atoms with Crippen LogP contribution in [0.3, 0.4) is 0 Å². The number of aliphatic imine (C=N–C) groups is 2. The van der Waals surface area contributed by atoms with E-state index in [0.29, 0.717) is 5.75 Å². The zero-order valence-electron chi connectivity index (χ0n) is 8.67. The predicted molar refractivity (Wildman–Crippen MR) is 60.8 cm³/mol. The summed E-state index contributed by atoms with van der Waals surface area (Å²) in [4.78, 5) is 29.8. The lowest BCUT2D eigenvalue weighted by molar-refractivity contribution is -0.143. The summed E-state index contributed by atoms with van der Waals surface area (Å²) in [5, 5.41) is 0.228. The minimum atomic E-state index is -0.463. The van der Waals surface area contributed by atoms with E-state index >= 15 is 0 Å². The maximum absolute atomic E-state index is 11.5. The summed E-state index contributed by atoms with van der Waals surface area (Å²) >= 11 is 1.23. The molecule has 0 aromatic rings. The molecular weight excluding hydrogens is 232 g/mol. The van der Waals surface area contributed by atoms with E-state index in [-0.39, 0.29) is 17.5 Å². The van der Waals surface area contributed by atoms with Crippen LogP contribution in [0.4, 0.5) is 0 Å². The highest BCUT2D eigenvalue weighted by Crippen LogP contribution is 2.22. The van der Waals surface area contributed by atoms with Gasteiger partial charge in [-0.3, -0.25) is 9.59 Å². The Morgan fingerprint density at radius 1 is 1.69 bits per heavy atom. The normalized spacial score (nSPS) is 19.9. The first-order valence-corrected chi connectivity index (χ1v) is 5.43. The number of carbonyl (C=O) groups is 2. The lowest BCUT2D eigenvalue weighted by Crippen LogP contribution is -2.28. The van der Waals surface area contributed by atoms with Crippen molar-refractivity contribution in [1.29, 1.82) is 0 Å². The Bertz CT molecular complexity index is 362. The number of thioether (sulfide) groups is 1. The van der Waals surface area contributed by atoms with E-state index in [0.717, 1.165) is 0 Å². The number of nitrogens with zero attached hydrogens (tertiary/aromatic N) is 2. The highest BCUT2D eigenvalue weighted by Gasteiger charge is 2.27. The van der Waals surface area contributed by atoms with Crippen molar-refractivity contribution in [2.75, 3.05) is 12.9 Å². The minimum Gasteiger partial charge on any atom is -0.469 e. The Hall–Kier alpha value is -1.57. The number of methoxy groups -OCH3 is 1. The average molecular weight is 244 g/mol. The van der Waals surface area contributed by atoms with E-state index in [2.05, 4.69) is 14.7 Å². The van der Waals surface area contributed by atoms with Gasteiger partial charge in [0.2, 0.25) is 0 Å². The molecule has 0 aliphatic carbocycles. The van der Waals surface area contributed by atoms with Crippen molar-refractivity contribution in [3.63, 3.8) is 0 Å². The van der Waals surface area contributed by atoms with Gasteiger partial charge in [0.1, 0.15) is 0 Å². The minimum absolute atomic E-state index is 0.0287. The number of amidine groups is 1. The van der Waals surface area contributed by atoms with Crippen molar-refractivity contribution in [3.8, 4) is 0 Å². The molecule has 4 N–H and O–H groups in total. The quantitative estimate of drug-likeness (QED) is 0.368. The van der Waals surface area contributed by atoms with Gasteiger partial charge in [0, 0.05) is 5.75 Å². The second kappa shape index (κ2) is 5.50. The van der Waals surface area contributed by atoms with Crippen LogP contribution in [0.25, 0.3) is 0 Å². The third-order valence-electron chi connectivity index (χ3n) is 1.83. The van der Waals surface area contributed by atoms with Crippen molar-refractivity contribution in [2.45, 2.75) is 6.42 Å². The highest BCUT2D eigenvalue weighted by molar-refractivity contribution is 8.14. The van der Waals surface area contributed by atoms with Crippen molar-refractivity contribution in [1.82, 2.24) is 0 Å². The zero-order chi connectivity index (χ0) is 12.1. The molecule has 0 bridgehead atoms. The molecule has 0 saturated heterocycles. The molecule has 16 heavy (non-hydrogen) atoms. The predicted octanol–water partition coefficient (Wildman–Crippen LogP) is -0.931. The number of esters is 1. The van der Waals surface area contributed by atoms with Gasteiger partial charge in [-0.15, -0.1) is 0 Å². The van der Waals surface area contributed by atoms with E-state index in [1.807, 2.05) is 0 Å². The van der Waals surface area contributed by atoms with E-state index < -0.39 is 17.8 Å². The van der Waals surface area contributed by atoms with Crippen LogP contribution in [-0.2, 0) is 14.3 Å². The van der Waals surface area contributed by atoms with Crippen molar-refractivity contribution < 1.29 is 14.3 Å². The van der Waals surface area contributed by atoms with Gasteiger partial charge in [-0.25, -0.2) is 0 Å². The van der Waals surface area contributed by atoms with Gasteiger partial charge in [-0.05, 0) is 0 Å². The largest absolute Gasteiger partial charge is 0.469 e. The summed E-state index contributed by atoms with van der Waals surface area (Å²) in [7, 11) is 1.27. The smallest absolute Gasteiger partial charge is 0.306 e. The molecule has 0 radical (unpaired) electrons. The lowest BCUT2D eigenvalue weighted by Gasteiger charge is -2.15. The highest BCUT2D eigenvalue weighted by atomic mass is 32.2. The monoisotopic (exact) mass is 244 g/mol. The third kappa shape index (κ3) is 3.54. The molecule has 1 heterocycles. The standard InChI is InChI=1S/C8H12N4O3S/c1-15-5(13)2-4-3-16-8(11-6(4)14)12-7(9)10/h4H,2-3H2,1H3,(H4,9,10,11,12,14)/t4-/m1/s1. The third-order valence-corrected chi connectivity index (χ3v) is 2.84. The molecule has 0 fully saturated rings. The first-order valence-electron chi connectivity index (χ1n) is 4.44. The molecular formula is C8H12N4O3S. The summed E-state index contributed by atoms with van der Waals surface area (Å²) < 4.78 is 4.48. The summed E-state index contributed by atoms with van der Waals surface area (Å²) in [6.07, 6.45) is 0.0287. The maximum Gasteiger partial charge on any atom is 0.306 e. The number of hydrogen-bond acceptors (Lipinski definition) is 5. The molecule has 0 aromatic carbocycles. The second-order valence-corrected chi connectivity index (χ2v) is 4.04. The van der Waals surface area contributed by atoms with Crippen LogP contribution in [0.15, 0.2) is 9.98 Å². The number of amides is 1. The fourth-order valence-corrected chi connectivity index (χ4v) is 2.00. The number of rotatable bonds is 2. The number of ether oxygens (including phenoxy) is 1. The van der Waals surface area contributed by atoms with Gasteiger partial charge in [-0.2, -0.15) is 9.98 Å². The van der Waals surface area contributed by atoms with Crippen LogP contribution in [0.1, 0.15) is 6.42 Å². The molecule has 88 valence electrons. The molecule has 1 aliphatic rings. The first kappa shape index (κ1) is 12.5. The Morgan fingerprint density at radius 3 is 2.88 bits per heavy atom. The Kier molecular flexibility index (Phi) is 4.29. The van der Waals surface area contributed by atoms with Crippen molar-refractivity contribution in [2.24, 2.45) is 27.4 Å². The molecule has 1 amide bonds. The van der Waals surface area contributed by atoms with Gasteiger partial charge in [0.05, 0.1) is 19.4 Å². The van der Waals surface area contributed by atoms with Crippen LogP contribution in [0.2, 0.25) is 0 Å². The maximum atomic E-state index is 11.5. The number of carbonyl (C=O) groups excluding carboxylic acids is 2. The summed E-state index contributed by atoms with van der Waals surface area (Å²) in [6.45, 7) is 0. The molecule has 1 aliphatic heterocycles. The molecule has 0 saturated carbocycles. The van der Waals surface area contributed by atoms with Gasteiger partial charge < -0.3 is 16.2 Å². The molecule has 7 nitrogen and oxygen atoms in total. The number of nitrogens with two attached hydrogens (primary N) is 2. The van der Waals surface area contributed by atoms with Crippen molar-refractivity contribution in [3.05, 3.63) is 0 Å². The average Bonchev–Trinajstić information content (AvgIpc) is 2.21. The van der Waals surface area contributed by atoms with Crippen LogP contribution in [0.5, 0.6) is 0 Å². The first-order chi connectivity index (χ1) is 7.52. The Morgan fingerprint density at radius 2 is 2.38 bits per heavy atom. The van der Waals surface area contributed by atoms with E-state index in [4.69, 9.17) is 11.5 Å². The molecule has 1 atom stereocenters. The summed E-state index contributed by atoms with van der Waals surface area (Å²) in [6, 6.07) is 0. The zero-order valence-corrected chi connectivity index (χ0v) is 9.49. The number of guanidine groups is 1. The van der Waals surface area contributed by atoms with Crippen LogP contribution >= 0.6 is 11.8 Å². The van der Waals surface area contributed by atoms with Gasteiger partial charge in [0.25, 0.3) is 5.91 Å². The van der Waals surface area contributed by atoms with E-state index in [1.54, 1.807) is 0 Å². The lowest BCUT2D eigenvalue weighted by atomic mass is 10.1. The summed E-state index contributed by atoms with van der Waals surface area (Å²) in [5.41, 5.74) is 10.3. The topological polar surface area (TPSA) is 120 Å². The van der Waals surface area contributed by atoms with Crippen LogP contribution in [-0.4, -0.2) is 35.9 Å². The van der Waals surface area contributed by atoms with Gasteiger partial charge >= 0.3 is 5.97 Å². The number of hydrogen-bond donors (Lipinski definition) is 2. The van der Waals surface area contributed by atoms with Gasteiger partial charge in [0.15, 0.2) is 11.1 Å². The molecule has 8 heteroatoms. The van der Waals surface area contributed by atoms with Crippen molar-refractivity contribution >= 4 is 34.8 Å². The Labute approximate surface area is 96.3 Å². The summed E-state index contributed by atoms with van der Waals surface area (Å²) in [5.74, 6) is -1.02.